The molecule has 0 radical (unpaired) electrons. The fourth-order valence-electron chi connectivity index (χ4n) is 4.22. The molecule has 0 saturated carbocycles. The number of hydrogen-bond donors (Lipinski definition) is 3. The predicted octanol–water partition coefficient (Wildman–Crippen LogP) is 5.18. The standard InChI is InChI=1S/C13H17N3O3.C13H19N3O/c1-2-3-4-8-15-9-14-10-6-5-7-11(16(18)19)12(10)13(15)17;1-2-3-4-8-16-9-15-11-7-5-6-10(14)12(11)13(16)17/h5-7,9,13,17H,2-4,8H2,1H3;5-7,9,13,17H,2-4,8,14H2,1H3. The molecule has 2 heterocycles. The van der Waals surface area contributed by atoms with E-state index < -0.39 is 17.4 Å². The topological polar surface area (TPSA) is 141 Å². The van der Waals surface area contributed by atoms with Crippen LogP contribution in [0, 0.1) is 10.1 Å². The van der Waals surface area contributed by atoms with Crippen molar-refractivity contribution < 1.29 is 15.1 Å². The van der Waals surface area contributed by atoms with Crippen LogP contribution in [0.1, 0.15) is 76.0 Å². The molecule has 2 aliphatic heterocycles. The number of aliphatic hydroxyl groups is 2. The lowest BCUT2D eigenvalue weighted by Crippen LogP contribution is -2.31. The van der Waals surface area contributed by atoms with Gasteiger partial charge in [0.1, 0.15) is 5.56 Å². The van der Waals surface area contributed by atoms with Gasteiger partial charge in [-0.25, -0.2) is 9.98 Å². The van der Waals surface area contributed by atoms with Gasteiger partial charge in [0, 0.05) is 30.4 Å². The highest BCUT2D eigenvalue weighted by Gasteiger charge is 2.30. The second-order valence-electron chi connectivity index (χ2n) is 8.87. The second-order valence-corrected chi connectivity index (χ2v) is 8.87. The molecule has 0 fully saturated rings. The lowest BCUT2D eigenvalue weighted by Gasteiger charge is -2.30. The minimum atomic E-state index is -0.994. The molecule has 10 nitrogen and oxygen atoms in total. The van der Waals surface area contributed by atoms with E-state index in [1.807, 2.05) is 17.0 Å². The molecule has 2 aliphatic rings. The zero-order chi connectivity index (χ0) is 26.1. The Bertz CT molecular complexity index is 1090. The lowest BCUT2D eigenvalue weighted by molar-refractivity contribution is -0.386. The molecule has 2 unspecified atom stereocenters. The zero-order valence-electron chi connectivity index (χ0n) is 21.0. The van der Waals surface area contributed by atoms with E-state index in [0.29, 0.717) is 17.9 Å². The van der Waals surface area contributed by atoms with Gasteiger partial charge in [-0.15, -0.1) is 0 Å². The molecular formula is C26H36N6O4. The Morgan fingerprint density at radius 3 is 1.89 bits per heavy atom. The molecule has 2 atom stereocenters. The van der Waals surface area contributed by atoms with E-state index >= 15 is 0 Å². The van der Waals surface area contributed by atoms with Crippen molar-refractivity contribution in [2.24, 2.45) is 9.98 Å². The molecule has 10 heteroatoms. The number of nitro benzene ring substituents is 1. The first kappa shape index (κ1) is 27.1. The summed E-state index contributed by atoms with van der Waals surface area (Å²) in [4.78, 5) is 22.5. The Morgan fingerprint density at radius 2 is 1.36 bits per heavy atom. The molecule has 0 saturated heterocycles. The Kier molecular flexibility index (Phi) is 9.77. The van der Waals surface area contributed by atoms with Gasteiger partial charge in [-0.2, -0.15) is 0 Å². The average Bonchev–Trinajstić information content (AvgIpc) is 2.87. The van der Waals surface area contributed by atoms with Crippen molar-refractivity contribution >= 4 is 35.4 Å². The van der Waals surface area contributed by atoms with Crippen LogP contribution in [0.3, 0.4) is 0 Å². The third-order valence-electron chi connectivity index (χ3n) is 6.25. The van der Waals surface area contributed by atoms with Gasteiger partial charge in [-0.05, 0) is 31.0 Å². The Hall–Kier alpha value is -3.50. The Labute approximate surface area is 211 Å². The number of aliphatic hydroxyl groups excluding tert-OH is 2. The number of anilines is 1. The van der Waals surface area contributed by atoms with Crippen molar-refractivity contribution in [2.45, 2.75) is 64.8 Å². The first-order valence-corrected chi connectivity index (χ1v) is 12.5. The van der Waals surface area contributed by atoms with Crippen molar-refractivity contribution in [1.82, 2.24) is 9.80 Å². The van der Waals surface area contributed by atoms with Crippen LogP contribution in [0.15, 0.2) is 46.4 Å². The highest BCUT2D eigenvalue weighted by molar-refractivity contribution is 5.73. The fourth-order valence-corrected chi connectivity index (χ4v) is 4.22. The number of rotatable bonds is 9. The number of benzene rings is 2. The highest BCUT2D eigenvalue weighted by atomic mass is 16.6. The van der Waals surface area contributed by atoms with Crippen LogP contribution in [0.2, 0.25) is 0 Å². The van der Waals surface area contributed by atoms with E-state index in [1.54, 1.807) is 35.8 Å². The molecule has 0 amide bonds. The molecule has 36 heavy (non-hydrogen) atoms. The summed E-state index contributed by atoms with van der Waals surface area (Å²) in [6.45, 7) is 5.71. The van der Waals surface area contributed by atoms with Crippen molar-refractivity contribution in [3.63, 3.8) is 0 Å². The van der Waals surface area contributed by atoms with Crippen LogP contribution in [0.25, 0.3) is 0 Å². The summed E-state index contributed by atoms with van der Waals surface area (Å²) in [7, 11) is 0. The van der Waals surface area contributed by atoms with E-state index in [1.165, 1.54) is 12.5 Å². The van der Waals surface area contributed by atoms with E-state index in [9.17, 15) is 20.3 Å². The highest BCUT2D eigenvalue weighted by Crippen LogP contribution is 2.38. The van der Waals surface area contributed by atoms with Crippen LogP contribution >= 0.6 is 0 Å². The quantitative estimate of drug-likeness (QED) is 0.188. The van der Waals surface area contributed by atoms with Crippen molar-refractivity contribution in [2.75, 3.05) is 18.8 Å². The average molecular weight is 497 g/mol. The largest absolute Gasteiger partial charge is 0.398 e. The van der Waals surface area contributed by atoms with Crippen molar-refractivity contribution in [3.05, 3.63) is 57.6 Å². The van der Waals surface area contributed by atoms with Gasteiger partial charge in [0.25, 0.3) is 5.69 Å². The maximum absolute atomic E-state index is 11.0. The molecule has 0 bridgehead atoms. The minimum absolute atomic E-state index is 0.0812. The number of nitrogen functional groups attached to an aromatic ring is 1. The molecule has 194 valence electrons. The Balaban J connectivity index is 0.000000202. The number of aliphatic imine (C=N–C) groups is 2. The number of nitro groups is 1. The van der Waals surface area contributed by atoms with E-state index in [4.69, 9.17) is 5.73 Å². The summed E-state index contributed by atoms with van der Waals surface area (Å²) in [5.41, 5.74) is 8.66. The van der Waals surface area contributed by atoms with E-state index in [-0.39, 0.29) is 11.3 Å². The summed E-state index contributed by atoms with van der Waals surface area (Å²) >= 11 is 0. The number of fused-ring (bicyclic) bond motifs is 2. The maximum Gasteiger partial charge on any atom is 0.279 e. The summed E-state index contributed by atoms with van der Waals surface area (Å²) in [5, 5.41) is 31.5. The summed E-state index contributed by atoms with van der Waals surface area (Å²) in [6.07, 6.45) is 8.06. The van der Waals surface area contributed by atoms with Gasteiger partial charge in [0.2, 0.25) is 0 Å². The van der Waals surface area contributed by atoms with Crippen LogP contribution < -0.4 is 5.73 Å². The van der Waals surface area contributed by atoms with Gasteiger partial charge < -0.3 is 25.7 Å². The molecule has 0 aliphatic carbocycles. The molecule has 4 rings (SSSR count). The zero-order valence-corrected chi connectivity index (χ0v) is 21.0. The molecule has 0 spiro atoms. The van der Waals surface area contributed by atoms with Gasteiger partial charge >= 0.3 is 0 Å². The molecular weight excluding hydrogens is 460 g/mol. The predicted molar refractivity (Wildman–Crippen MR) is 143 cm³/mol. The van der Waals surface area contributed by atoms with E-state index in [0.717, 1.165) is 49.9 Å². The summed E-state index contributed by atoms with van der Waals surface area (Å²) < 4.78 is 0. The third-order valence-corrected chi connectivity index (χ3v) is 6.25. The lowest BCUT2D eigenvalue weighted by atomic mass is 10.1. The van der Waals surface area contributed by atoms with Crippen LogP contribution in [-0.2, 0) is 0 Å². The summed E-state index contributed by atoms with van der Waals surface area (Å²) in [5.74, 6) is 0. The molecule has 2 aromatic carbocycles. The second kappa shape index (κ2) is 13.0. The monoisotopic (exact) mass is 496 g/mol. The third kappa shape index (κ3) is 6.38. The minimum Gasteiger partial charge on any atom is -0.398 e. The first-order chi connectivity index (χ1) is 17.4. The maximum atomic E-state index is 11.0. The number of nitrogens with two attached hydrogens (primary N) is 1. The smallest absolute Gasteiger partial charge is 0.279 e. The van der Waals surface area contributed by atoms with Gasteiger partial charge in [-0.3, -0.25) is 10.1 Å². The first-order valence-electron chi connectivity index (χ1n) is 12.5. The van der Waals surface area contributed by atoms with Gasteiger partial charge in [0.15, 0.2) is 12.5 Å². The Morgan fingerprint density at radius 1 is 0.861 bits per heavy atom. The summed E-state index contributed by atoms with van der Waals surface area (Å²) in [6, 6.07) is 10.2. The SMILES string of the molecule is CCCCCN1C=Nc2cccc(N)c2C1O.CCCCCN1C=Nc2cccc([N+](=O)[O-])c2C1O. The number of hydrogen-bond acceptors (Lipinski definition) is 9. The number of nitrogens with zero attached hydrogens (tertiary/aromatic N) is 5. The molecule has 0 aromatic heterocycles. The van der Waals surface area contributed by atoms with Crippen molar-refractivity contribution in [3.8, 4) is 0 Å². The van der Waals surface area contributed by atoms with Crippen molar-refractivity contribution in [1.29, 1.82) is 0 Å². The fraction of sp³-hybridized carbons (Fsp3) is 0.462. The van der Waals surface area contributed by atoms with Gasteiger partial charge in [-0.1, -0.05) is 51.7 Å². The number of unbranched alkanes of at least 4 members (excludes halogenated alkanes) is 4. The normalized spacial score (nSPS) is 17.8. The van der Waals surface area contributed by atoms with Crippen LogP contribution in [0.4, 0.5) is 22.7 Å². The molecule has 2 aromatic rings. The van der Waals surface area contributed by atoms with Gasteiger partial charge in [0.05, 0.1) is 29.0 Å². The van der Waals surface area contributed by atoms with E-state index in [2.05, 4.69) is 23.8 Å². The molecule has 4 N–H and O–H groups in total. The van der Waals surface area contributed by atoms with Crippen LogP contribution in [-0.4, -0.2) is 50.7 Å². The van der Waals surface area contributed by atoms with Crippen LogP contribution in [0.5, 0.6) is 0 Å².